The van der Waals surface area contributed by atoms with Crippen LogP contribution in [0, 0.1) is 5.92 Å². The average molecular weight is 262 g/mol. The second kappa shape index (κ2) is 4.95. The molecule has 0 amide bonds. The maximum absolute atomic E-state index is 5.71. The summed E-state index contributed by atoms with van der Waals surface area (Å²) in [4.78, 5) is 2.61. The van der Waals surface area contributed by atoms with Crippen molar-refractivity contribution < 1.29 is 4.74 Å². The molecular formula is C11H20BrNO. The smallest absolute Gasteiger partial charge is 0.0799 e. The number of ether oxygens (including phenoxy) is 1. The molecule has 0 aromatic rings. The number of morpholine rings is 1. The lowest BCUT2D eigenvalue weighted by atomic mass is 9.84. The van der Waals surface area contributed by atoms with Gasteiger partial charge in [-0.15, -0.1) is 0 Å². The summed E-state index contributed by atoms with van der Waals surface area (Å²) in [6.45, 7) is 5.60. The van der Waals surface area contributed by atoms with Crippen LogP contribution in [-0.2, 0) is 4.74 Å². The van der Waals surface area contributed by atoms with Crippen LogP contribution >= 0.6 is 15.9 Å². The van der Waals surface area contributed by atoms with E-state index in [1.807, 2.05) is 0 Å². The van der Waals surface area contributed by atoms with Crippen LogP contribution in [0.1, 0.15) is 26.2 Å². The molecule has 82 valence electrons. The third-order valence-electron chi connectivity index (χ3n) is 3.52. The summed E-state index contributed by atoms with van der Waals surface area (Å²) in [7, 11) is 0. The zero-order chi connectivity index (χ0) is 9.97. The Morgan fingerprint density at radius 2 is 2.21 bits per heavy atom. The number of hydrogen-bond acceptors (Lipinski definition) is 2. The molecule has 0 bridgehead atoms. The van der Waals surface area contributed by atoms with Gasteiger partial charge in [0.15, 0.2) is 0 Å². The molecule has 0 N–H and O–H groups in total. The van der Waals surface area contributed by atoms with Gasteiger partial charge >= 0.3 is 0 Å². The van der Waals surface area contributed by atoms with Crippen molar-refractivity contribution in [2.45, 2.75) is 38.3 Å². The second-order valence-electron chi connectivity index (χ2n) is 4.71. The Labute approximate surface area is 95.1 Å². The van der Waals surface area contributed by atoms with Crippen molar-refractivity contribution in [3.63, 3.8) is 0 Å². The van der Waals surface area contributed by atoms with Crippen LogP contribution in [0.2, 0.25) is 0 Å². The van der Waals surface area contributed by atoms with Crippen molar-refractivity contribution in [1.29, 1.82) is 0 Å². The predicted octanol–water partition coefficient (Wildman–Crippen LogP) is 2.27. The summed E-state index contributed by atoms with van der Waals surface area (Å²) in [5.74, 6) is 0.978. The first-order chi connectivity index (χ1) is 6.79. The van der Waals surface area contributed by atoms with Gasteiger partial charge in [-0.05, 0) is 25.7 Å². The number of halogens is 1. The van der Waals surface area contributed by atoms with Crippen molar-refractivity contribution in [2.75, 3.05) is 25.0 Å². The van der Waals surface area contributed by atoms with E-state index >= 15 is 0 Å². The van der Waals surface area contributed by atoms with Crippen LogP contribution in [-0.4, -0.2) is 42.1 Å². The van der Waals surface area contributed by atoms with Crippen LogP contribution < -0.4 is 0 Å². The van der Waals surface area contributed by atoms with Crippen LogP contribution in [0.3, 0.4) is 0 Å². The molecule has 1 heterocycles. The highest BCUT2D eigenvalue weighted by atomic mass is 79.9. The van der Waals surface area contributed by atoms with Crippen molar-refractivity contribution in [2.24, 2.45) is 5.92 Å². The first-order valence-corrected chi connectivity index (χ1v) is 6.83. The Hall–Kier alpha value is 0.400. The minimum Gasteiger partial charge on any atom is -0.374 e. The molecular weight excluding hydrogens is 242 g/mol. The van der Waals surface area contributed by atoms with Gasteiger partial charge in [0.1, 0.15) is 0 Å². The molecule has 2 rings (SSSR count). The highest BCUT2D eigenvalue weighted by molar-refractivity contribution is 9.09. The van der Waals surface area contributed by atoms with E-state index in [1.54, 1.807) is 0 Å². The number of nitrogens with zero attached hydrogens (tertiary/aromatic N) is 1. The molecule has 2 aliphatic rings. The lowest BCUT2D eigenvalue weighted by molar-refractivity contribution is -0.0552. The van der Waals surface area contributed by atoms with Gasteiger partial charge in [0.05, 0.1) is 12.7 Å². The zero-order valence-electron chi connectivity index (χ0n) is 8.92. The number of hydrogen-bond donors (Lipinski definition) is 0. The van der Waals surface area contributed by atoms with E-state index in [2.05, 4.69) is 27.8 Å². The molecule has 1 saturated heterocycles. The van der Waals surface area contributed by atoms with Gasteiger partial charge in [0.2, 0.25) is 0 Å². The lowest BCUT2D eigenvalue weighted by Gasteiger charge is -2.41. The lowest BCUT2D eigenvalue weighted by Crippen LogP contribution is -2.50. The number of alkyl halides is 1. The molecule has 1 aliphatic carbocycles. The van der Waals surface area contributed by atoms with E-state index in [4.69, 9.17) is 4.74 Å². The second-order valence-corrected chi connectivity index (χ2v) is 5.36. The SMILES string of the molecule is CC1COC(CBr)CN1CC1CCC1. The van der Waals surface area contributed by atoms with Gasteiger partial charge < -0.3 is 4.74 Å². The van der Waals surface area contributed by atoms with Gasteiger partial charge in [0, 0.05) is 24.5 Å². The highest BCUT2D eigenvalue weighted by Gasteiger charge is 2.29. The summed E-state index contributed by atoms with van der Waals surface area (Å²) < 4.78 is 5.71. The Morgan fingerprint density at radius 1 is 1.43 bits per heavy atom. The summed E-state index contributed by atoms with van der Waals surface area (Å²) in [5, 5.41) is 0.973. The Bertz CT molecular complexity index is 182. The highest BCUT2D eigenvalue weighted by Crippen LogP contribution is 2.28. The fraction of sp³-hybridized carbons (Fsp3) is 1.00. The quantitative estimate of drug-likeness (QED) is 0.723. The summed E-state index contributed by atoms with van der Waals surface area (Å²) in [6, 6.07) is 0.617. The molecule has 14 heavy (non-hydrogen) atoms. The molecule has 2 atom stereocenters. The monoisotopic (exact) mass is 261 g/mol. The zero-order valence-corrected chi connectivity index (χ0v) is 10.5. The normalized spacial score (nSPS) is 35.6. The summed E-state index contributed by atoms with van der Waals surface area (Å²) >= 11 is 3.50. The van der Waals surface area contributed by atoms with Gasteiger partial charge in [0.25, 0.3) is 0 Å². The largest absolute Gasteiger partial charge is 0.374 e. The molecule has 0 aromatic heterocycles. The van der Waals surface area contributed by atoms with Crippen molar-refractivity contribution in [3.05, 3.63) is 0 Å². The first kappa shape index (κ1) is 10.9. The van der Waals surface area contributed by atoms with Gasteiger partial charge in [-0.2, -0.15) is 0 Å². The molecule has 2 nitrogen and oxygen atoms in total. The van der Waals surface area contributed by atoms with Crippen molar-refractivity contribution in [3.8, 4) is 0 Å². The Morgan fingerprint density at radius 3 is 2.79 bits per heavy atom. The maximum Gasteiger partial charge on any atom is 0.0799 e. The molecule has 2 unspecified atom stereocenters. The third-order valence-corrected chi connectivity index (χ3v) is 4.25. The minimum atomic E-state index is 0.409. The van der Waals surface area contributed by atoms with Crippen molar-refractivity contribution >= 4 is 15.9 Å². The van der Waals surface area contributed by atoms with Crippen LogP contribution in [0.5, 0.6) is 0 Å². The minimum absolute atomic E-state index is 0.409. The summed E-state index contributed by atoms with van der Waals surface area (Å²) in [5.41, 5.74) is 0. The van der Waals surface area contributed by atoms with E-state index in [1.165, 1.54) is 25.8 Å². The third kappa shape index (κ3) is 2.50. The molecule has 2 fully saturated rings. The molecule has 0 radical (unpaired) electrons. The maximum atomic E-state index is 5.71. The van der Waals surface area contributed by atoms with Crippen LogP contribution in [0.25, 0.3) is 0 Å². The molecule has 0 aromatic carbocycles. The fourth-order valence-corrected chi connectivity index (χ4v) is 2.62. The fourth-order valence-electron chi connectivity index (χ4n) is 2.23. The Kier molecular flexibility index (Phi) is 3.86. The first-order valence-electron chi connectivity index (χ1n) is 5.71. The van der Waals surface area contributed by atoms with E-state index in [-0.39, 0.29) is 0 Å². The van der Waals surface area contributed by atoms with Crippen molar-refractivity contribution in [1.82, 2.24) is 4.90 Å². The standard InChI is InChI=1S/C11H20BrNO/c1-9-8-14-11(5-12)7-13(9)6-10-3-2-4-10/h9-11H,2-8H2,1H3. The average Bonchev–Trinajstić information content (AvgIpc) is 2.14. The predicted molar refractivity (Wildman–Crippen MR) is 61.9 cm³/mol. The van der Waals surface area contributed by atoms with Gasteiger partial charge in [-0.25, -0.2) is 0 Å². The van der Waals surface area contributed by atoms with Crippen LogP contribution in [0.15, 0.2) is 0 Å². The van der Waals surface area contributed by atoms with E-state index in [0.717, 1.165) is 24.4 Å². The van der Waals surface area contributed by atoms with E-state index < -0.39 is 0 Å². The van der Waals surface area contributed by atoms with Crippen LogP contribution in [0.4, 0.5) is 0 Å². The van der Waals surface area contributed by atoms with Gasteiger partial charge in [-0.1, -0.05) is 22.4 Å². The molecule has 1 saturated carbocycles. The Balaban J connectivity index is 1.80. The topological polar surface area (TPSA) is 12.5 Å². The molecule has 1 aliphatic heterocycles. The van der Waals surface area contributed by atoms with E-state index in [9.17, 15) is 0 Å². The number of rotatable bonds is 3. The summed E-state index contributed by atoms with van der Waals surface area (Å²) in [6.07, 6.45) is 4.75. The van der Waals surface area contributed by atoms with E-state index in [0.29, 0.717) is 12.1 Å². The van der Waals surface area contributed by atoms with Gasteiger partial charge in [-0.3, -0.25) is 4.90 Å². The molecule has 0 spiro atoms. The molecule has 3 heteroatoms.